The Labute approximate surface area is 195 Å². The number of amides is 2. The normalized spacial score (nSPS) is 13.4. The highest BCUT2D eigenvalue weighted by molar-refractivity contribution is 6.33. The van der Waals surface area contributed by atoms with Crippen LogP contribution in [0.15, 0.2) is 55.0 Å². The van der Waals surface area contributed by atoms with Gasteiger partial charge in [-0.2, -0.15) is 0 Å². The van der Waals surface area contributed by atoms with Crippen molar-refractivity contribution in [1.29, 1.82) is 0 Å². The van der Waals surface area contributed by atoms with Crippen LogP contribution in [-0.2, 0) is 6.42 Å². The fourth-order valence-electron chi connectivity index (χ4n) is 3.53. The number of hydrogen-bond donors (Lipinski definition) is 2. The molecule has 1 aliphatic heterocycles. The third kappa shape index (κ3) is 4.84. The van der Waals surface area contributed by atoms with Gasteiger partial charge in [-0.3, -0.25) is 14.6 Å². The van der Waals surface area contributed by atoms with E-state index in [1.54, 1.807) is 53.8 Å². The predicted molar refractivity (Wildman–Crippen MR) is 126 cm³/mol. The van der Waals surface area contributed by atoms with Crippen molar-refractivity contribution in [2.24, 2.45) is 0 Å². The second kappa shape index (κ2) is 9.54. The van der Waals surface area contributed by atoms with Crippen LogP contribution in [0.2, 0.25) is 10.0 Å². The third-order valence-electron chi connectivity index (χ3n) is 5.19. The van der Waals surface area contributed by atoms with E-state index >= 15 is 0 Å². The molecule has 0 spiro atoms. The molecule has 0 bridgehead atoms. The number of pyridine rings is 2. The molecule has 1 saturated heterocycles. The number of anilines is 2. The topological polar surface area (TPSA) is 87.2 Å². The molecule has 3 heterocycles. The summed E-state index contributed by atoms with van der Waals surface area (Å²) in [6, 6.07) is 10.4. The molecule has 0 radical (unpaired) electrons. The lowest BCUT2D eigenvalue weighted by molar-refractivity contribution is 0.0619. The van der Waals surface area contributed by atoms with Gasteiger partial charge in [0.2, 0.25) is 0 Å². The van der Waals surface area contributed by atoms with E-state index in [-0.39, 0.29) is 23.6 Å². The summed E-state index contributed by atoms with van der Waals surface area (Å²) in [5.41, 5.74) is 3.04. The monoisotopic (exact) mass is 469 g/mol. The maximum absolute atomic E-state index is 12.7. The first-order chi connectivity index (χ1) is 15.4. The summed E-state index contributed by atoms with van der Waals surface area (Å²) in [7, 11) is 0. The zero-order valence-electron chi connectivity index (χ0n) is 17.3. The Balaban J connectivity index is 1.36. The summed E-state index contributed by atoms with van der Waals surface area (Å²) in [6.07, 6.45) is 5.51. The Morgan fingerprint density at radius 2 is 1.91 bits per heavy atom. The summed E-state index contributed by atoms with van der Waals surface area (Å²) in [4.78, 5) is 35.2. The first kappa shape index (κ1) is 22.0. The van der Waals surface area contributed by atoms with Crippen LogP contribution in [0.3, 0.4) is 0 Å². The summed E-state index contributed by atoms with van der Waals surface area (Å²) in [5.74, 6) is -0.410. The van der Waals surface area contributed by atoms with E-state index in [1.165, 1.54) is 0 Å². The number of aromatic nitrogens is 2. The number of likely N-dealkylation sites (tertiary alicyclic amines) is 1. The SMILES string of the molecule is CCc1cc(Cl)ccc1C(=O)Nc1cncc(NC2CN(C(=O)c3ncccc3Cl)C2)c1. The number of halogens is 2. The van der Waals surface area contributed by atoms with Gasteiger partial charge in [0.15, 0.2) is 0 Å². The number of carbonyl (C=O) groups excluding carboxylic acids is 2. The van der Waals surface area contributed by atoms with Crippen LogP contribution in [0.1, 0.15) is 33.3 Å². The van der Waals surface area contributed by atoms with E-state index in [1.807, 2.05) is 13.0 Å². The fraction of sp³-hybridized carbons (Fsp3) is 0.217. The fourth-order valence-corrected chi connectivity index (χ4v) is 3.92. The van der Waals surface area contributed by atoms with Crippen LogP contribution >= 0.6 is 23.2 Å². The van der Waals surface area contributed by atoms with E-state index < -0.39 is 0 Å². The highest BCUT2D eigenvalue weighted by Gasteiger charge is 2.32. The van der Waals surface area contributed by atoms with Crippen molar-refractivity contribution in [3.8, 4) is 0 Å². The van der Waals surface area contributed by atoms with Gasteiger partial charge in [0.1, 0.15) is 5.69 Å². The summed E-state index contributed by atoms with van der Waals surface area (Å²) in [6.45, 7) is 3.02. The largest absolute Gasteiger partial charge is 0.377 e. The molecule has 1 aliphatic rings. The molecule has 2 N–H and O–H groups in total. The summed E-state index contributed by atoms with van der Waals surface area (Å²) < 4.78 is 0. The van der Waals surface area contributed by atoms with E-state index in [0.29, 0.717) is 40.8 Å². The number of hydrogen-bond acceptors (Lipinski definition) is 5. The van der Waals surface area contributed by atoms with Crippen LogP contribution < -0.4 is 10.6 Å². The van der Waals surface area contributed by atoms with Crippen LogP contribution in [0, 0.1) is 0 Å². The minimum atomic E-state index is -0.217. The lowest BCUT2D eigenvalue weighted by Crippen LogP contribution is -2.57. The Hall–Kier alpha value is -3.16. The smallest absolute Gasteiger partial charge is 0.274 e. The highest BCUT2D eigenvalue weighted by Crippen LogP contribution is 2.23. The van der Waals surface area contributed by atoms with Gasteiger partial charge in [0.05, 0.1) is 34.8 Å². The number of nitrogens with zero attached hydrogens (tertiary/aromatic N) is 3. The van der Waals surface area contributed by atoms with Gasteiger partial charge >= 0.3 is 0 Å². The highest BCUT2D eigenvalue weighted by atomic mass is 35.5. The molecule has 9 heteroatoms. The molecule has 164 valence electrons. The molecule has 7 nitrogen and oxygen atoms in total. The van der Waals surface area contributed by atoms with Crippen molar-refractivity contribution in [3.05, 3.63) is 81.9 Å². The van der Waals surface area contributed by atoms with Crippen molar-refractivity contribution in [3.63, 3.8) is 0 Å². The number of benzene rings is 1. The van der Waals surface area contributed by atoms with Crippen molar-refractivity contribution in [1.82, 2.24) is 14.9 Å². The van der Waals surface area contributed by atoms with Crippen molar-refractivity contribution in [2.45, 2.75) is 19.4 Å². The van der Waals surface area contributed by atoms with Crippen LogP contribution in [0.25, 0.3) is 0 Å². The summed E-state index contributed by atoms with van der Waals surface area (Å²) >= 11 is 12.1. The quantitative estimate of drug-likeness (QED) is 0.553. The second-order valence-electron chi connectivity index (χ2n) is 7.46. The van der Waals surface area contributed by atoms with E-state index in [9.17, 15) is 9.59 Å². The van der Waals surface area contributed by atoms with E-state index in [2.05, 4.69) is 20.6 Å². The Morgan fingerprint density at radius 1 is 1.12 bits per heavy atom. The zero-order valence-corrected chi connectivity index (χ0v) is 18.8. The molecule has 1 fully saturated rings. The number of aryl methyl sites for hydroxylation is 1. The predicted octanol–water partition coefficient (Wildman–Crippen LogP) is 4.53. The minimum absolute atomic E-state index is 0.0668. The molecule has 2 amide bonds. The molecular weight excluding hydrogens is 449 g/mol. The first-order valence-electron chi connectivity index (χ1n) is 10.2. The maximum Gasteiger partial charge on any atom is 0.274 e. The zero-order chi connectivity index (χ0) is 22.7. The van der Waals surface area contributed by atoms with Gasteiger partial charge < -0.3 is 15.5 Å². The molecule has 2 aromatic heterocycles. The van der Waals surface area contributed by atoms with Crippen molar-refractivity contribution in [2.75, 3.05) is 23.7 Å². The maximum atomic E-state index is 12.7. The molecule has 3 aromatic rings. The average Bonchev–Trinajstić information content (AvgIpc) is 2.76. The first-order valence-corrected chi connectivity index (χ1v) is 10.9. The molecular formula is C23H21Cl2N5O2. The van der Waals surface area contributed by atoms with Gasteiger partial charge in [-0.1, -0.05) is 30.1 Å². The van der Waals surface area contributed by atoms with Crippen molar-refractivity contribution < 1.29 is 9.59 Å². The lowest BCUT2D eigenvalue weighted by Gasteiger charge is -2.39. The van der Waals surface area contributed by atoms with Gasteiger partial charge in [0, 0.05) is 29.9 Å². The van der Waals surface area contributed by atoms with Gasteiger partial charge in [0.25, 0.3) is 11.8 Å². The number of nitrogens with one attached hydrogen (secondary N) is 2. The molecule has 1 aromatic carbocycles. The van der Waals surface area contributed by atoms with Gasteiger partial charge in [-0.15, -0.1) is 0 Å². The standard InChI is InChI=1S/C23H21Cl2N5O2/c1-2-14-8-15(24)5-6-19(14)22(31)29-17-9-16(10-26-11-17)28-18-12-30(13-18)23(32)21-20(25)4-3-7-27-21/h3-11,18,28H,2,12-13H2,1H3,(H,29,31). The Bertz CT molecular complexity index is 1160. The van der Waals surface area contributed by atoms with E-state index in [0.717, 1.165) is 11.3 Å². The number of carbonyl (C=O) groups is 2. The molecule has 4 rings (SSSR count). The molecule has 32 heavy (non-hydrogen) atoms. The Morgan fingerprint density at radius 3 is 2.66 bits per heavy atom. The van der Waals surface area contributed by atoms with Gasteiger partial charge in [-0.05, 0) is 48.4 Å². The van der Waals surface area contributed by atoms with Crippen LogP contribution in [0.4, 0.5) is 11.4 Å². The molecule has 0 saturated carbocycles. The molecule has 0 atom stereocenters. The van der Waals surface area contributed by atoms with Crippen LogP contribution in [-0.4, -0.2) is 45.8 Å². The van der Waals surface area contributed by atoms with Gasteiger partial charge in [-0.25, -0.2) is 4.98 Å². The summed E-state index contributed by atoms with van der Waals surface area (Å²) in [5, 5.41) is 7.16. The lowest BCUT2D eigenvalue weighted by atomic mass is 10.0. The molecule has 0 unspecified atom stereocenters. The Kier molecular flexibility index (Phi) is 6.58. The van der Waals surface area contributed by atoms with Crippen molar-refractivity contribution >= 4 is 46.4 Å². The second-order valence-corrected chi connectivity index (χ2v) is 8.30. The number of rotatable bonds is 6. The molecule has 0 aliphatic carbocycles. The van der Waals surface area contributed by atoms with E-state index in [4.69, 9.17) is 23.2 Å². The average molecular weight is 470 g/mol. The minimum Gasteiger partial charge on any atom is -0.377 e. The van der Waals surface area contributed by atoms with Crippen LogP contribution in [0.5, 0.6) is 0 Å². The third-order valence-corrected chi connectivity index (χ3v) is 5.73.